The number of carboxylic acid groups (broad SMARTS) is 1. The molecule has 1 fully saturated rings. The molecule has 0 aliphatic carbocycles. The molecule has 3 unspecified atom stereocenters. The fraction of sp³-hybridized carbons (Fsp3) is 0.316. The molecule has 2 heterocycles. The van der Waals surface area contributed by atoms with E-state index in [9.17, 15) is 9.90 Å². The number of hydrogen-bond acceptors (Lipinski definition) is 2. The molecule has 0 spiro atoms. The van der Waals surface area contributed by atoms with E-state index >= 15 is 0 Å². The third-order valence-corrected chi connectivity index (χ3v) is 5.10. The van der Waals surface area contributed by atoms with E-state index in [-0.39, 0.29) is 18.0 Å². The number of carbonyl (C=O) groups is 1. The van der Waals surface area contributed by atoms with Gasteiger partial charge in [-0.2, -0.15) is 0 Å². The van der Waals surface area contributed by atoms with Crippen molar-refractivity contribution in [2.45, 2.75) is 24.9 Å². The van der Waals surface area contributed by atoms with Crippen LogP contribution in [0.3, 0.4) is 0 Å². The number of anilines is 1. The summed E-state index contributed by atoms with van der Waals surface area (Å²) in [5.74, 6) is 0.261. The first-order chi connectivity index (χ1) is 11.3. The standard InChI is InChI=1S/C19H20N2O2/c22-19(23)21-12-6-10-15-17(13-7-2-1-3-8-13)20-16-11-5-4-9-14(16)18(15)21/h1-5,7-9,11,15,17-18,20H,6,10,12H2,(H,22,23). The van der Waals surface area contributed by atoms with E-state index < -0.39 is 6.09 Å². The molecule has 2 N–H and O–H groups in total. The summed E-state index contributed by atoms with van der Waals surface area (Å²) in [7, 11) is 0. The van der Waals surface area contributed by atoms with Crippen molar-refractivity contribution >= 4 is 11.8 Å². The Morgan fingerprint density at radius 1 is 1.09 bits per heavy atom. The van der Waals surface area contributed by atoms with Crippen molar-refractivity contribution in [2.24, 2.45) is 5.92 Å². The Balaban J connectivity index is 1.82. The minimum absolute atomic E-state index is 0.0658. The molecule has 2 aliphatic rings. The number of nitrogens with one attached hydrogen (secondary N) is 1. The second-order valence-electron chi connectivity index (χ2n) is 6.35. The van der Waals surface area contributed by atoms with Gasteiger partial charge in [0.2, 0.25) is 0 Å². The maximum atomic E-state index is 11.8. The van der Waals surface area contributed by atoms with Crippen molar-refractivity contribution < 1.29 is 9.90 Å². The first kappa shape index (κ1) is 14.1. The van der Waals surface area contributed by atoms with Gasteiger partial charge in [-0.05, 0) is 30.0 Å². The van der Waals surface area contributed by atoms with Gasteiger partial charge >= 0.3 is 6.09 Å². The molecule has 118 valence electrons. The number of benzene rings is 2. The SMILES string of the molecule is O=C(O)N1CCCC2C(c3ccccc3)Nc3ccccc3C21. The third kappa shape index (κ3) is 2.34. The van der Waals surface area contributed by atoms with Crippen LogP contribution in [-0.2, 0) is 0 Å². The summed E-state index contributed by atoms with van der Waals surface area (Å²) in [5, 5.41) is 13.3. The van der Waals surface area contributed by atoms with Crippen LogP contribution in [0.25, 0.3) is 0 Å². The summed E-state index contributed by atoms with van der Waals surface area (Å²) >= 11 is 0. The van der Waals surface area contributed by atoms with Gasteiger partial charge in [0, 0.05) is 18.2 Å². The zero-order valence-corrected chi connectivity index (χ0v) is 12.9. The van der Waals surface area contributed by atoms with Gasteiger partial charge in [-0.1, -0.05) is 48.5 Å². The molecule has 2 aromatic rings. The van der Waals surface area contributed by atoms with Crippen molar-refractivity contribution in [1.82, 2.24) is 4.90 Å². The normalized spacial score (nSPS) is 25.9. The van der Waals surface area contributed by atoms with Gasteiger partial charge in [-0.3, -0.25) is 0 Å². The molecule has 1 amide bonds. The topological polar surface area (TPSA) is 52.6 Å². The smallest absolute Gasteiger partial charge is 0.407 e. The quantitative estimate of drug-likeness (QED) is 0.826. The van der Waals surface area contributed by atoms with Gasteiger partial charge in [0.05, 0.1) is 12.1 Å². The molecular formula is C19H20N2O2. The predicted octanol–water partition coefficient (Wildman–Crippen LogP) is 4.28. The molecule has 3 atom stereocenters. The average molecular weight is 308 g/mol. The van der Waals surface area contributed by atoms with Gasteiger partial charge < -0.3 is 15.3 Å². The maximum absolute atomic E-state index is 11.8. The Labute approximate surface area is 135 Å². The lowest BCUT2D eigenvalue weighted by molar-refractivity contribution is 0.0682. The van der Waals surface area contributed by atoms with E-state index in [4.69, 9.17) is 0 Å². The molecular weight excluding hydrogens is 288 g/mol. The van der Waals surface area contributed by atoms with Crippen LogP contribution in [0.5, 0.6) is 0 Å². The molecule has 4 heteroatoms. The minimum Gasteiger partial charge on any atom is -0.465 e. The summed E-state index contributed by atoms with van der Waals surface area (Å²) in [5.41, 5.74) is 3.38. The summed E-state index contributed by atoms with van der Waals surface area (Å²) in [6.45, 7) is 0.617. The third-order valence-electron chi connectivity index (χ3n) is 5.10. The largest absolute Gasteiger partial charge is 0.465 e. The number of likely N-dealkylation sites (tertiary alicyclic amines) is 1. The summed E-state index contributed by atoms with van der Waals surface area (Å²) in [4.78, 5) is 13.4. The summed E-state index contributed by atoms with van der Waals surface area (Å²) in [6, 6.07) is 18.6. The number of rotatable bonds is 1. The molecule has 2 aliphatic heterocycles. The Morgan fingerprint density at radius 3 is 2.61 bits per heavy atom. The molecule has 4 nitrogen and oxygen atoms in total. The second-order valence-corrected chi connectivity index (χ2v) is 6.35. The van der Waals surface area contributed by atoms with Crippen LogP contribution in [0.15, 0.2) is 54.6 Å². The summed E-state index contributed by atoms with van der Waals surface area (Å²) < 4.78 is 0. The van der Waals surface area contributed by atoms with Crippen LogP contribution in [0, 0.1) is 5.92 Å². The average Bonchev–Trinajstić information content (AvgIpc) is 2.61. The van der Waals surface area contributed by atoms with Crippen molar-refractivity contribution in [3.8, 4) is 0 Å². The zero-order chi connectivity index (χ0) is 15.8. The Hall–Kier alpha value is -2.49. The lowest BCUT2D eigenvalue weighted by Crippen LogP contribution is -2.47. The molecule has 0 bridgehead atoms. The van der Waals surface area contributed by atoms with Crippen LogP contribution in [-0.4, -0.2) is 22.6 Å². The van der Waals surface area contributed by atoms with Gasteiger partial charge in [-0.25, -0.2) is 4.79 Å². The first-order valence-corrected chi connectivity index (χ1v) is 8.15. The lowest BCUT2D eigenvalue weighted by atomic mass is 9.74. The molecule has 2 aromatic carbocycles. The second kappa shape index (κ2) is 5.61. The Kier molecular flexibility index (Phi) is 3.45. The van der Waals surface area contributed by atoms with Crippen molar-refractivity contribution in [1.29, 1.82) is 0 Å². The van der Waals surface area contributed by atoms with E-state index in [0.29, 0.717) is 6.54 Å². The number of hydrogen-bond donors (Lipinski definition) is 2. The fourth-order valence-electron chi connectivity index (χ4n) is 4.14. The number of piperidine rings is 1. The molecule has 4 rings (SSSR count). The van der Waals surface area contributed by atoms with Crippen LogP contribution in [0.1, 0.15) is 36.1 Å². The molecule has 23 heavy (non-hydrogen) atoms. The zero-order valence-electron chi connectivity index (χ0n) is 12.9. The van der Waals surface area contributed by atoms with Gasteiger partial charge in [0.25, 0.3) is 0 Å². The van der Waals surface area contributed by atoms with Crippen LogP contribution in [0.2, 0.25) is 0 Å². The maximum Gasteiger partial charge on any atom is 0.407 e. The molecule has 1 saturated heterocycles. The molecule has 0 saturated carbocycles. The predicted molar refractivity (Wildman–Crippen MR) is 89.4 cm³/mol. The number of nitrogens with zero attached hydrogens (tertiary/aromatic N) is 1. The summed E-state index contributed by atoms with van der Waals surface area (Å²) in [6.07, 6.45) is 1.14. The van der Waals surface area contributed by atoms with E-state index in [1.807, 2.05) is 30.3 Å². The van der Waals surface area contributed by atoms with Gasteiger partial charge in [0.15, 0.2) is 0 Å². The highest BCUT2D eigenvalue weighted by molar-refractivity contribution is 5.68. The number of amides is 1. The van der Waals surface area contributed by atoms with Gasteiger partial charge in [0.1, 0.15) is 0 Å². The van der Waals surface area contributed by atoms with Crippen molar-refractivity contribution in [2.75, 3.05) is 11.9 Å². The highest BCUT2D eigenvalue weighted by Crippen LogP contribution is 2.49. The molecule has 0 aromatic heterocycles. The Bertz CT molecular complexity index is 716. The van der Waals surface area contributed by atoms with E-state index in [1.54, 1.807) is 4.90 Å². The minimum atomic E-state index is -0.816. The highest BCUT2D eigenvalue weighted by atomic mass is 16.4. The number of fused-ring (bicyclic) bond motifs is 3. The van der Waals surface area contributed by atoms with Crippen molar-refractivity contribution in [3.05, 3.63) is 65.7 Å². The van der Waals surface area contributed by atoms with Crippen LogP contribution in [0.4, 0.5) is 10.5 Å². The highest BCUT2D eigenvalue weighted by Gasteiger charge is 2.43. The van der Waals surface area contributed by atoms with Gasteiger partial charge in [-0.15, -0.1) is 0 Å². The monoisotopic (exact) mass is 308 g/mol. The fourth-order valence-corrected chi connectivity index (χ4v) is 4.14. The van der Waals surface area contributed by atoms with Crippen molar-refractivity contribution in [3.63, 3.8) is 0 Å². The van der Waals surface area contributed by atoms with E-state index in [1.165, 1.54) is 5.56 Å². The lowest BCUT2D eigenvalue weighted by Gasteiger charge is -2.48. The number of para-hydroxylation sites is 1. The van der Waals surface area contributed by atoms with E-state index in [2.05, 4.69) is 29.6 Å². The first-order valence-electron chi connectivity index (χ1n) is 8.15. The van der Waals surface area contributed by atoms with Crippen LogP contribution >= 0.6 is 0 Å². The molecule has 0 radical (unpaired) electrons. The van der Waals surface area contributed by atoms with Crippen LogP contribution < -0.4 is 5.32 Å². The Morgan fingerprint density at radius 2 is 1.83 bits per heavy atom. The van der Waals surface area contributed by atoms with E-state index in [0.717, 1.165) is 24.1 Å².